The number of hydrogen-bond donors (Lipinski definition) is 1. The Morgan fingerprint density at radius 3 is 2.78 bits per heavy atom. The first kappa shape index (κ1) is 17.7. The number of carbonyl (C=O) groups is 2. The van der Waals surface area contributed by atoms with E-state index in [0.717, 1.165) is 5.01 Å². The van der Waals surface area contributed by atoms with Gasteiger partial charge in [-0.25, -0.2) is 0 Å². The summed E-state index contributed by atoms with van der Waals surface area (Å²) in [5.41, 5.74) is 0.706. The van der Waals surface area contributed by atoms with Gasteiger partial charge in [0.1, 0.15) is 18.2 Å². The largest absolute Gasteiger partial charge is 0.486 e. The molecule has 2 aliphatic rings. The molecule has 2 aromatic rings. The van der Waals surface area contributed by atoms with E-state index in [2.05, 4.69) is 15.5 Å². The van der Waals surface area contributed by atoms with Gasteiger partial charge in [-0.05, 0) is 12.1 Å². The number of nitrogens with zero attached hydrogens (tertiary/aromatic N) is 3. The fourth-order valence-electron chi connectivity index (χ4n) is 3.06. The van der Waals surface area contributed by atoms with E-state index in [0.29, 0.717) is 42.1 Å². The number of nitrogens with one attached hydrogen (secondary N) is 1. The van der Waals surface area contributed by atoms with Crippen LogP contribution in [0.15, 0.2) is 18.2 Å². The summed E-state index contributed by atoms with van der Waals surface area (Å²) in [5.74, 6) is 0.809. The average Bonchev–Trinajstić information content (AvgIpc) is 3.28. The Labute approximate surface area is 160 Å². The van der Waals surface area contributed by atoms with Gasteiger partial charge in [0, 0.05) is 30.6 Å². The minimum Gasteiger partial charge on any atom is -0.486 e. The highest BCUT2D eigenvalue weighted by Crippen LogP contribution is 2.36. The maximum Gasteiger partial charge on any atom is 0.231 e. The van der Waals surface area contributed by atoms with Gasteiger partial charge >= 0.3 is 0 Å². The lowest BCUT2D eigenvalue weighted by Gasteiger charge is -2.22. The maximum absolute atomic E-state index is 12.6. The van der Waals surface area contributed by atoms with E-state index in [1.165, 1.54) is 11.3 Å². The van der Waals surface area contributed by atoms with E-state index < -0.39 is 5.92 Å². The Balaban J connectivity index is 1.44. The molecule has 8 nitrogen and oxygen atoms in total. The van der Waals surface area contributed by atoms with E-state index in [4.69, 9.17) is 9.47 Å². The second-order valence-electron chi connectivity index (χ2n) is 6.82. The summed E-state index contributed by atoms with van der Waals surface area (Å²) < 4.78 is 11.1. The minimum absolute atomic E-state index is 0.0908. The zero-order valence-electron chi connectivity index (χ0n) is 15.1. The summed E-state index contributed by atoms with van der Waals surface area (Å²) in [6, 6.07) is 5.39. The molecule has 0 bridgehead atoms. The number of aromatic nitrogens is 2. The lowest BCUT2D eigenvalue weighted by Crippen LogP contribution is -2.28. The van der Waals surface area contributed by atoms with Crippen LogP contribution in [-0.4, -0.2) is 41.8 Å². The summed E-state index contributed by atoms with van der Waals surface area (Å²) in [7, 11) is 0. The normalized spacial score (nSPS) is 18.9. The van der Waals surface area contributed by atoms with Gasteiger partial charge in [0.05, 0.1) is 5.92 Å². The zero-order chi connectivity index (χ0) is 19.0. The third-order valence-corrected chi connectivity index (χ3v) is 5.64. The van der Waals surface area contributed by atoms with Crippen LogP contribution in [0, 0.1) is 5.92 Å². The molecule has 0 saturated carbocycles. The topological polar surface area (TPSA) is 93.7 Å². The van der Waals surface area contributed by atoms with Crippen molar-refractivity contribution >= 4 is 34.0 Å². The Morgan fingerprint density at radius 1 is 1.26 bits per heavy atom. The number of rotatable bonds is 4. The summed E-state index contributed by atoms with van der Waals surface area (Å²) in [6.07, 6.45) is 0.163. The molecule has 1 N–H and O–H groups in total. The van der Waals surface area contributed by atoms with Gasteiger partial charge < -0.3 is 19.7 Å². The van der Waals surface area contributed by atoms with Gasteiger partial charge in [0.25, 0.3) is 0 Å². The molecule has 4 rings (SSSR count). The Kier molecular flexibility index (Phi) is 4.69. The minimum atomic E-state index is -0.433. The summed E-state index contributed by atoms with van der Waals surface area (Å²) >= 11 is 1.36. The molecular formula is C18H20N4O4S. The molecule has 3 heterocycles. The summed E-state index contributed by atoms with van der Waals surface area (Å²) in [6.45, 7) is 5.36. The maximum atomic E-state index is 12.6. The predicted molar refractivity (Wildman–Crippen MR) is 101 cm³/mol. The van der Waals surface area contributed by atoms with Crippen LogP contribution in [-0.2, 0) is 9.59 Å². The molecule has 1 atom stereocenters. The van der Waals surface area contributed by atoms with Crippen LogP contribution in [0.1, 0.15) is 31.2 Å². The third-order valence-electron chi connectivity index (χ3n) is 4.50. The lowest BCUT2D eigenvalue weighted by atomic mass is 10.1. The fraction of sp³-hybridized carbons (Fsp3) is 0.444. The molecule has 1 aromatic carbocycles. The molecule has 2 amide bonds. The molecule has 9 heteroatoms. The van der Waals surface area contributed by atoms with Crippen LogP contribution in [0.4, 0.5) is 10.8 Å². The molecule has 2 aliphatic heterocycles. The lowest BCUT2D eigenvalue weighted by molar-refractivity contribution is -0.122. The molecular weight excluding hydrogens is 368 g/mol. The first-order valence-corrected chi connectivity index (χ1v) is 9.67. The van der Waals surface area contributed by atoms with E-state index in [1.54, 1.807) is 17.0 Å². The monoisotopic (exact) mass is 388 g/mol. The molecule has 27 heavy (non-hydrogen) atoms. The summed E-state index contributed by atoms with van der Waals surface area (Å²) in [4.78, 5) is 26.6. The molecule has 142 valence electrons. The van der Waals surface area contributed by atoms with Crippen molar-refractivity contribution in [3.8, 4) is 11.5 Å². The van der Waals surface area contributed by atoms with Crippen molar-refractivity contribution in [3.63, 3.8) is 0 Å². The number of anilines is 2. The van der Waals surface area contributed by atoms with Gasteiger partial charge in [0.15, 0.2) is 11.5 Å². The Hall–Kier alpha value is -2.68. The van der Waals surface area contributed by atoms with Crippen LogP contribution in [0.3, 0.4) is 0 Å². The van der Waals surface area contributed by atoms with Crippen LogP contribution in [0.2, 0.25) is 0 Å². The second-order valence-corrected chi connectivity index (χ2v) is 7.83. The van der Waals surface area contributed by atoms with Gasteiger partial charge in [-0.1, -0.05) is 25.2 Å². The third kappa shape index (κ3) is 3.59. The number of ether oxygens (including phenoxy) is 2. The van der Waals surface area contributed by atoms with Gasteiger partial charge in [-0.3, -0.25) is 9.59 Å². The first-order chi connectivity index (χ1) is 13.0. The predicted octanol–water partition coefficient (Wildman–Crippen LogP) is 2.42. The SMILES string of the molecule is CC(C)c1nnc(NC(=O)C2CC(=O)N(c3ccc4c(c3)OCCO4)C2)s1. The molecule has 0 aliphatic carbocycles. The number of hydrogen-bond acceptors (Lipinski definition) is 7. The zero-order valence-corrected chi connectivity index (χ0v) is 15.9. The number of fused-ring (bicyclic) bond motifs is 1. The highest BCUT2D eigenvalue weighted by Gasteiger charge is 2.36. The first-order valence-electron chi connectivity index (χ1n) is 8.85. The van der Waals surface area contributed by atoms with Crippen molar-refractivity contribution < 1.29 is 19.1 Å². The van der Waals surface area contributed by atoms with E-state index >= 15 is 0 Å². The van der Waals surface area contributed by atoms with Crippen LogP contribution < -0.4 is 19.7 Å². The molecule has 0 radical (unpaired) electrons. The Bertz CT molecular complexity index is 882. The standard InChI is InChI=1S/C18H20N4O4S/c1-10(2)17-20-21-18(27-17)19-16(24)11-7-15(23)22(9-11)12-3-4-13-14(8-12)26-6-5-25-13/h3-4,8,10-11H,5-7,9H2,1-2H3,(H,19,21,24). The molecule has 1 unspecified atom stereocenters. The van der Waals surface area contributed by atoms with Crippen molar-refractivity contribution in [1.82, 2.24) is 10.2 Å². The number of amides is 2. The highest BCUT2D eigenvalue weighted by molar-refractivity contribution is 7.15. The highest BCUT2D eigenvalue weighted by atomic mass is 32.1. The summed E-state index contributed by atoms with van der Waals surface area (Å²) in [5, 5.41) is 12.2. The molecule has 1 fully saturated rings. The van der Waals surface area contributed by atoms with Crippen molar-refractivity contribution in [2.24, 2.45) is 5.92 Å². The van der Waals surface area contributed by atoms with Gasteiger partial charge in [0.2, 0.25) is 16.9 Å². The second kappa shape index (κ2) is 7.15. The number of carbonyl (C=O) groups excluding carboxylic acids is 2. The Morgan fingerprint density at radius 2 is 2.04 bits per heavy atom. The average molecular weight is 388 g/mol. The smallest absolute Gasteiger partial charge is 0.231 e. The molecule has 1 saturated heterocycles. The van der Waals surface area contributed by atoms with Crippen LogP contribution in [0.25, 0.3) is 0 Å². The number of benzene rings is 1. The molecule has 0 spiro atoms. The van der Waals surface area contributed by atoms with Crippen molar-refractivity contribution in [1.29, 1.82) is 0 Å². The van der Waals surface area contributed by atoms with E-state index in [-0.39, 0.29) is 24.2 Å². The van der Waals surface area contributed by atoms with Gasteiger partial charge in [-0.2, -0.15) is 0 Å². The van der Waals surface area contributed by atoms with Crippen LogP contribution in [0.5, 0.6) is 11.5 Å². The van der Waals surface area contributed by atoms with Crippen molar-refractivity contribution in [2.75, 3.05) is 30.0 Å². The van der Waals surface area contributed by atoms with Crippen molar-refractivity contribution in [2.45, 2.75) is 26.2 Å². The van der Waals surface area contributed by atoms with Crippen molar-refractivity contribution in [3.05, 3.63) is 23.2 Å². The van der Waals surface area contributed by atoms with E-state index in [1.807, 2.05) is 19.9 Å². The van der Waals surface area contributed by atoms with E-state index in [9.17, 15) is 9.59 Å². The fourth-order valence-corrected chi connectivity index (χ4v) is 3.81. The van der Waals surface area contributed by atoms with Crippen LogP contribution >= 0.6 is 11.3 Å². The van der Waals surface area contributed by atoms with Gasteiger partial charge in [-0.15, -0.1) is 10.2 Å². The molecule has 1 aromatic heterocycles. The quantitative estimate of drug-likeness (QED) is 0.865.